The molecule has 0 aliphatic rings. The van der Waals surface area contributed by atoms with Gasteiger partial charge in [-0.1, -0.05) is 103 Å². The molecular formula is C44H26N4O2S. The van der Waals surface area contributed by atoms with Crippen molar-refractivity contribution in [2.45, 2.75) is 0 Å². The molecule has 51 heavy (non-hydrogen) atoms. The zero-order chi connectivity index (χ0) is 33.7. The Balaban J connectivity index is 1.03. The highest BCUT2D eigenvalue weighted by molar-refractivity contribution is 7.21. The Bertz CT molecular complexity index is 2430. The fourth-order valence-electron chi connectivity index (χ4n) is 6.34. The molecule has 0 saturated heterocycles. The Kier molecular flexibility index (Phi) is 6.89. The number of hydrogen-bond acceptors (Lipinski definition) is 7. The van der Waals surface area contributed by atoms with E-state index in [-0.39, 0.29) is 0 Å². The van der Waals surface area contributed by atoms with Crippen LogP contribution >= 0.6 is 11.3 Å². The number of nitrogens with zero attached hydrogens (tertiary/aromatic N) is 4. The number of fused-ring (bicyclic) bond motifs is 3. The summed E-state index contributed by atoms with van der Waals surface area (Å²) in [6.45, 7) is 0. The lowest BCUT2D eigenvalue weighted by Gasteiger charge is -2.10. The second kappa shape index (κ2) is 12.0. The second-order valence-electron chi connectivity index (χ2n) is 12.3. The smallest absolute Gasteiger partial charge is 0.227 e. The summed E-state index contributed by atoms with van der Waals surface area (Å²) in [5.74, 6) is 2.06. The van der Waals surface area contributed by atoms with Gasteiger partial charge in [0.15, 0.2) is 11.4 Å². The quantitative estimate of drug-likeness (QED) is 0.175. The molecule has 0 unspecified atom stereocenters. The first-order valence-corrected chi connectivity index (χ1v) is 17.4. The summed E-state index contributed by atoms with van der Waals surface area (Å²) in [4.78, 5) is 19.7. The third-order valence-corrected chi connectivity index (χ3v) is 10.1. The van der Waals surface area contributed by atoms with Gasteiger partial charge in [0.2, 0.25) is 5.89 Å². The average molecular weight is 675 g/mol. The minimum absolute atomic E-state index is 0.588. The summed E-state index contributed by atoms with van der Waals surface area (Å²) in [5, 5.41) is 2.07. The van der Waals surface area contributed by atoms with E-state index in [4.69, 9.17) is 23.8 Å². The number of thiazole rings is 1. The molecule has 0 aliphatic heterocycles. The van der Waals surface area contributed by atoms with Gasteiger partial charge >= 0.3 is 0 Å². The molecule has 4 aromatic heterocycles. The van der Waals surface area contributed by atoms with E-state index in [1.165, 1.54) is 4.70 Å². The Labute approximate surface area is 296 Å². The summed E-state index contributed by atoms with van der Waals surface area (Å²) < 4.78 is 13.3. The highest BCUT2D eigenvalue weighted by atomic mass is 32.1. The van der Waals surface area contributed by atoms with Crippen molar-refractivity contribution in [3.8, 4) is 67.3 Å². The molecule has 10 rings (SSSR count). The first kappa shape index (κ1) is 29.2. The molecule has 0 fully saturated rings. The van der Waals surface area contributed by atoms with E-state index < -0.39 is 0 Å². The van der Waals surface area contributed by atoms with Gasteiger partial charge in [-0.25, -0.2) is 19.9 Å². The maximum atomic E-state index is 6.13. The van der Waals surface area contributed by atoms with Crippen LogP contribution in [0.15, 0.2) is 167 Å². The van der Waals surface area contributed by atoms with Crippen LogP contribution in [0.2, 0.25) is 0 Å². The Morgan fingerprint density at radius 1 is 0.412 bits per heavy atom. The molecule has 0 N–H and O–H groups in total. The molecule has 0 saturated carbocycles. The van der Waals surface area contributed by atoms with Gasteiger partial charge in [-0.15, -0.1) is 11.3 Å². The van der Waals surface area contributed by atoms with Crippen LogP contribution in [0.3, 0.4) is 0 Å². The lowest BCUT2D eigenvalue weighted by atomic mass is 10.0. The summed E-state index contributed by atoms with van der Waals surface area (Å²) in [6, 6.07) is 53.0. The number of oxazole rings is 1. The van der Waals surface area contributed by atoms with Gasteiger partial charge in [0, 0.05) is 38.8 Å². The number of benzene rings is 6. The number of hydrogen-bond donors (Lipinski definition) is 0. The lowest BCUT2D eigenvalue weighted by Crippen LogP contribution is -1.96. The first-order valence-electron chi connectivity index (χ1n) is 16.6. The Morgan fingerprint density at radius 3 is 1.71 bits per heavy atom. The van der Waals surface area contributed by atoms with E-state index >= 15 is 0 Å². The first-order chi connectivity index (χ1) is 25.2. The van der Waals surface area contributed by atoms with Crippen LogP contribution in [0.1, 0.15) is 0 Å². The molecule has 240 valence electrons. The summed E-state index contributed by atoms with van der Waals surface area (Å²) in [7, 11) is 0. The largest absolute Gasteiger partial charge is 0.456 e. The minimum Gasteiger partial charge on any atom is -0.456 e. The Hall–Kier alpha value is -6.70. The van der Waals surface area contributed by atoms with E-state index in [2.05, 4.69) is 83.8 Å². The van der Waals surface area contributed by atoms with Crippen molar-refractivity contribution in [1.82, 2.24) is 19.9 Å². The van der Waals surface area contributed by atoms with Gasteiger partial charge in [0.25, 0.3) is 0 Å². The van der Waals surface area contributed by atoms with Gasteiger partial charge in [0.1, 0.15) is 21.9 Å². The van der Waals surface area contributed by atoms with E-state index in [9.17, 15) is 0 Å². The number of furan rings is 1. The maximum absolute atomic E-state index is 6.13. The van der Waals surface area contributed by atoms with Crippen molar-refractivity contribution in [1.29, 1.82) is 0 Å². The summed E-state index contributed by atoms with van der Waals surface area (Å²) in [6.07, 6.45) is 0. The molecule has 6 nitrogen and oxygen atoms in total. The van der Waals surface area contributed by atoms with Crippen molar-refractivity contribution in [3.05, 3.63) is 158 Å². The normalized spacial score (nSPS) is 11.5. The third kappa shape index (κ3) is 5.46. The maximum Gasteiger partial charge on any atom is 0.227 e. The molecule has 0 amide bonds. The van der Waals surface area contributed by atoms with Crippen LogP contribution in [0, 0.1) is 0 Å². The minimum atomic E-state index is 0.588. The molecule has 7 heteroatoms. The van der Waals surface area contributed by atoms with Gasteiger partial charge in [0.05, 0.1) is 21.6 Å². The molecule has 10 aromatic rings. The number of para-hydroxylation sites is 4. The van der Waals surface area contributed by atoms with Crippen LogP contribution in [0.4, 0.5) is 0 Å². The topological polar surface area (TPSA) is 77.8 Å². The standard InChI is InChI=1S/C44H26N4O2S/c1-4-10-38-33(7-1)25-40(49-38)29-17-13-27(14-18-29)36-26-37(28-15-21-31(22-16-28)43-47-34-8-2-5-11-39(34)50-43)46-42(45-36)30-19-23-32(24-20-30)44-48-35-9-3-6-12-41(35)51-44/h1-26H. The van der Waals surface area contributed by atoms with Crippen LogP contribution in [-0.2, 0) is 0 Å². The van der Waals surface area contributed by atoms with Gasteiger partial charge in [-0.2, -0.15) is 0 Å². The van der Waals surface area contributed by atoms with Gasteiger partial charge < -0.3 is 8.83 Å². The summed E-state index contributed by atoms with van der Waals surface area (Å²) in [5.41, 5.74) is 11.0. The van der Waals surface area contributed by atoms with E-state index in [1.54, 1.807) is 11.3 Å². The van der Waals surface area contributed by atoms with E-state index in [0.717, 1.165) is 83.1 Å². The highest BCUT2D eigenvalue weighted by Crippen LogP contribution is 2.34. The van der Waals surface area contributed by atoms with Gasteiger partial charge in [-0.3, -0.25) is 0 Å². The summed E-state index contributed by atoms with van der Waals surface area (Å²) >= 11 is 1.69. The monoisotopic (exact) mass is 674 g/mol. The second-order valence-corrected chi connectivity index (χ2v) is 13.3. The van der Waals surface area contributed by atoms with Crippen LogP contribution in [0.5, 0.6) is 0 Å². The molecular weight excluding hydrogens is 649 g/mol. The van der Waals surface area contributed by atoms with Crippen molar-refractivity contribution in [3.63, 3.8) is 0 Å². The van der Waals surface area contributed by atoms with Crippen LogP contribution < -0.4 is 0 Å². The molecule has 0 atom stereocenters. The van der Waals surface area contributed by atoms with E-state index in [0.29, 0.717) is 11.7 Å². The fraction of sp³-hybridized carbons (Fsp3) is 0. The molecule has 0 radical (unpaired) electrons. The Morgan fingerprint density at radius 2 is 1.00 bits per heavy atom. The highest BCUT2D eigenvalue weighted by Gasteiger charge is 2.15. The van der Waals surface area contributed by atoms with Crippen molar-refractivity contribution in [2.24, 2.45) is 0 Å². The van der Waals surface area contributed by atoms with Crippen molar-refractivity contribution in [2.75, 3.05) is 0 Å². The zero-order valence-electron chi connectivity index (χ0n) is 27.0. The molecule has 6 aromatic carbocycles. The zero-order valence-corrected chi connectivity index (χ0v) is 27.8. The fourth-order valence-corrected chi connectivity index (χ4v) is 7.31. The molecule has 0 aliphatic carbocycles. The predicted octanol–water partition coefficient (Wildman–Crippen LogP) is 12.0. The lowest BCUT2D eigenvalue weighted by molar-refractivity contribution is 0.620. The predicted molar refractivity (Wildman–Crippen MR) is 205 cm³/mol. The number of aromatic nitrogens is 4. The SMILES string of the molecule is c1ccc2oc(-c3ccc(-c4cc(-c5ccc(-c6nc7ccccc7o6)cc5)nc(-c5ccc(-c6nc7ccccc7s6)cc5)n4)cc3)cc2c1. The molecule has 0 spiro atoms. The molecule has 0 bridgehead atoms. The molecule has 4 heterocycles. The number of rotatable bonds is 6. The van der Waals surface area contributed by atoms with E-state index in [1.807, 2.05) is 78.9 Å². The van der Waals surface area contributed by atoms with Crippen molar-refractivity contribution >= 4 is 43.6 Å². The van der Waals surface area contributed by atoms with Gasteiger partial charge in [-0.05, 0) is 54.6 Å². The average Bonchev–Trinajstić information content (AvgIpc) is 3.95. The van der Waals surface area contributed by atoms with Crippen molar-refractivity contribution < 1.29 is 8.83 Å². The third-order valence-electron chi connectivity index (χ3n) is 9.02. The van der Waals surface area contributed by atoms with Crippen LogP contribution in [-0.4, -0.2) is 19.9 Å². The van der Waals surface area contributed by atoms with Crippen LogP contribution in [0.25, 0.3) is 99.5 Å².